The molecule has 0 aromatic heterocycles. The highest BCUT2D eigenvalue weighted by Gasteiger charge is 2.21. The minimum atomic E-state index is -0.347. The molecule has 0 radical (unpaired) electrons. The summed E-state index contributed by atoms with van der Waals surface area (Å²) < 4.78 is 14.2. The molecule has 0 unspecified atom stereocenters. The van der Waals surface area contributed by atoms with Gasteiger partial charge in [0.15, 0.2) is 0 Å². The number of rotatable bonds is 2. The highest BCUT2D eigenvalue weighted by molar-refractivity contribution is 9.10. The Bertz CT molecular complexity index is 490. The fraction of sp³-hybridized carbons (Fsp3) is 0.308. The number of nitrogens with zero attached hydrogens (tertiary/aromatic N) is 1. The van der Waals surface area contributed by atoms with Gasteiger partial charge in [-0.2, -0.15) is 0 Å². The molecule has 0 aliphatic carbocycles. The smallest absolute Gasteiger partial charge is 0.246 e. The molecule has 2 N–H and O–H groups in total. The quantitative estimate of drug-likeness (QED) is 0.851. The Balaban J connectivity index is 2.06. The fourth-order valence-electron chi connectivity index (χ4n) is 1.90. The molecule has 1 heterocycles. The van der Waals surface area contributed by atoms with Crippen molar-refractivity contribution in [2.75, 3.05) is 13.1 Å². The molecule has 3 nitrogen and oxygen atoms in total. The van der Waals surface area contributed by atoms with Crippen molar-refractivity contribution in [3.8, 4) is 0 Å². The number of hydrogen-bond donors (Lipinski definition) is 1. The summed E-state index contributed by atoms with van der Waals surface area (Å²) in [6.45, 7) is 1.25. The Labute approximate surface area is 114 Å². The summed E-state index contributed by atoms with van der Waals surface area (Å²) in [6, 6.07) is 4.67. The molecule has 1 amide bonds. The van der Waals surface area contributed by atoms with Gasteiger partial charge in [-0.15, -0.1) is 0 Å². The van der Waals surface area contributed by atoms with Crippen LogP contribution in [-0.4, -0.2) is 29.9 Å². The van der Waals surface area contributed by atoms with E-state index in [-0.39, 0.29) is 17.8 Å². The average Bonchev–Trinajstić information content (AvgIpc) is 2.77. The van der Waals surface area contributed by atoms with Crippen LogP contribution in [0.25, 0.3) is 6.08 Å². The first-order valence-corrected chi connectivity index (χ1v) is 6.53. The minimum absolute atomic E-state index is 0.0601. The van der Waals surface area contributed by atoms with Crippen LogP contribution in [0.3, 0.4) is 0 Å². The Kier molecular flexibility index (Phi) is 4.14. The van der Waals surface area contributed by atoms with E-state index in [2.05, 4.69) is 15.9 Å². The molecule has 1 aromatic rings. The van der Waals surface area contributed by atoms with Gasteiger partial charge in [0, 0.05) is 35.2 Å². The lowest BCUT2D eigenvalue weighted by Gasteiger charge is -2.12. The molecular formula is C13H14BrFN2O. The second-order valence-electron chi connectivity index (χ2n) is 4.33. The van der Waals surface area contributed by atoms with E-state index in [0.29, 0.717) is 18.7 Å². The molecule has 1 atom stereocenters. The van der Waals surface area contributed by atoms with Gasteiger partial charge in [-0.1, -0.05) is 15.9 Å². The standard InChI is InChI=1S/C13H14BrFN2O/c14-10-2-3-12(15)9(7-10)1-4-13(18)17-6-5-11(16)8-17/h1-4,7,11H,5-6,8,16H2/t11-/m0/s1. The fourth-order valence-corrected chi connectivity index (χ4v) is 2.28. The molecule has 0 saturated carbocycles. The van der Waals surface area contributed by atoms with Crippen LogP contribution >= 0.6 is 15.9 Å². The second kappa shape index (κ2) is 5.63. The van der Waals surface area contributed by atoms with E-state index in [0.717, 1.165) is 10.9 Å². The summed E-state index contributed by atoms with van der Waals surface area (Å²) in [6.07, 6.45) is 3.71. The van der Waals surface area contributed by atoms with Crippen molar-refractivity contribution in [1.82, 2.24) is 4.90 Å². The summed E-state index contributed by atoms with van der Waals surface area (Å²) in [5.41, 5.74) is 6.12. The number of nitrogens with two attached hydrogens (primary N) is 1. The number of benzene rings is 1. The number of amides is 1. The summed E-state index contributed by atoms with van der Waals surface area (Å²) in [7, 11) is 0. The second-order valence-corrected chi connectivity index (χ2v) is 5.25. The van der Waals surface area contributed by atoms with Gasteiger partial charge < -0.3 is 10.6 Å². The van der Waals surface area contributed by atoms with E-state index in [1.165, 1.54) is 18.2 Å². The maximum Gasteiger partial charge on any atom is 0.246 e. The molecule has 18 heavy (non-hydrogen) atoms. The highest BCUT2D eigenvalue weighted by atomic mass is 79.9. The molecule has 2 rings (SSSR count). The van der Waals surface area contributed by atoms with E-state index >= 15 is 0 Å². The largest absolute Gasteiger partial charge is 0.338 e. The van der Waals surface area contributed by atoms with Crippen LogP contribution in [0.2, 0.25) is 0 Å². The molecule has 96 valence electrons. The maximum atomic E-state index is 13.4. The van der Waals surface area contributed by atoms with Crippen molar-refractivity contribution < 1.29 is 9.18 Å². The number of hydrogen-bond acceptors (Lipinski definition) is 2. The van der Waals surface area contributed by atoms with E-state index in [9.17, 15) is 9.18 Å². The van der Waals surface area contributed by atoms with Crippen LogP contribution in [0, 0.1) is 5.82 Å². The maximum absolute atomic E-state index is 13.4. The number of carbonyl (C=O) groups is 1. The lowest BCUT2D eigenvalue weighted by atomic mass is 10.2. The molecule has 1 aromatic carbocycles. The van der Waals surface area contributed by atoms with E-state index in [1.807, 2.05) is 0 Å². The van der Waals surface area contributed by atoms with Crippen LogP contribution in [0.5, 0.6) is 0 Å². The predicted molar refractivity (Wildman–Crippen MR) is 72.3 cm³/mol. The van der Waals surface area contributed by atoms with Crippen LogP contribution in [0.1, 0.15) is 12.0 Å². The topological polar surface area (TPSA) is 46.3 Å². The van der Waals surface area contributed by atoms with Gasteiger partial charge in [-0.05, 0) is 30.7 Å². The zero-order chi connectivity index (χ0) is 13.1. The molecular weight excluding hydrogens is 299 g/mol. The van der Waals surface area contributed by atoms with E-state index in [1.54, 1.807) is 17.0 Å². The molecule has 0 spiro atoms. The Hall–Kier alpha value is -1.20. The van der Waals surface area contributed by atoms with Crippen molar-refractivity contribution in [3.05, 3.63) is 40.1 Å². The molecule has 5 heteroatoms. The van der Waals surface area contributed by atoms with Crippen molar-refractivity contribution in [3.63, 3.8) is 0 Å². The van der Waals surface area contributed by atoms with Gasteiger partial charge in [0.2, 0.25) is 5.91 Å². The molecule has 0 bridgehead atoms. The summed E-state index contributed by atoms with van der Waals surface area (Å²) in [5.74, 6) is -0.470. The lowest BCUT2D eigenvalue weighted by Crippen LogP contribution is -2.30. The SMILES string of the molecule is N[C@H]1CCN(C(=O)C=Cc2cc(Br)ccc2F)C1. The van der Waals surface area contributed by atoms with Crippen molar-refractivity contribution in [1.29, 1.82) is 0 Å². The number of carbonyl (C=O) groups excluding carboxylic acids is 1. The van der Waals surface area contributed by atoms with E-state index in [4.69, 9.17) is 5.73 Å². The van der Waals surface area contributed by atoms with Gasteiger partial charge in [0.25, 0.3) is 0 Å². The van der Waals surface area contributed by atoms with Crippen molar-refractivity contribution in [2.45, 2.75) is 12.5 Å². The van der Waals surface area contributed by atoms with Crippen molar-refractivity contribution >= 4 is 27.9 Å². The molecule has 1 fully saturated rings. The van der Waals surface area contributed by atoms with Gasteiger partial charge in [-0.3, -0.25) is 4.79 Å². The lowest BCUT2D eigenvalue weighted by molar-refractivity contribution is -0.124. The summed E-state index contributed by atoms with van der Waals surface area (Å²) in [4.78, 5) is 13.5. The van der Waals surface area contributed by atoms with Crippen LogP contribution in [-0.2, 0) is 4.79 Å². The van der Waals surface area contributed by atoms with E-state index < -0.39 is 0 Å². The summed E-state index contributed by atoms with van der Waals surface area (Å²) >= 11 is 3.27. The number of halogens is 2. The third-order valence-electron chi connectivity index (χ3n) is 2.90. The highest BCUT2D eigenvalue weighted by Crippen LogP contribution is 2.17. The van der Waals surface area contributed by atoms with Gasteiger partial charge in [0.05, 0.1) is 0 Å². The Morgan fingerprint density at radius 3 is 3.00 bits per heavy atom. The average molecular weight is 313 g/mol. The van der Waals surface area contributed by atoms with Gasteiger partial charge in [0.1, 0.15) is 5.82 Å². The van der Waals surface area contributed by atoms with Crippen LogP contribution in [0.15, 0.2) is 28.7 Å². The molecule has 1 aliphatic rings. The Morgan fingerprint density at radius 2 is 2.33 bits per heavy atom. The zero-order valence-corrected chi connectivity index (χ0v) is 11.4. The Morgan fingerprint density at radius 1 is 1.56 bits per heavy atom. The first-order valence-electron chi connectivity index (χ1n) is 5.74. The van der Waals surface area contributed by atoms with Crippen molar-refractivity contribution in [2.24, 2.45) is 5.73 Å². The predicted octanol–water partition coefficient (Wildman–Crippen LogP) is 2.16. The number of likely N-dealkylation sites (tertiary alicyclic amines) is 1. The minimum Gasteiger partial charge on any atom is -0.338 e. The van der Waals surface area contributed by atoms with Gasteiger partial charge >= 0.3 is 0 Å². The zero-order valence-electron chi connectivity index (χ0n) is 9.77. The third kappa shape index (κ3) is 3.17. The van der Waals surface area contributed by atoms with Crippen LogP contribution in [0.4, 0.5) is 4.39 Å². The third-order valence-corrected chi connectivity index (χ3v) is 3.39. The monoisotopic (exact) mass is 312 g/mol. The first-order chi connectivity index (χ1) is 8.56. The first kappa shape index (κ1) is 13.2. The van der Waals surface area contributed by atoms with Crippen LogP contribution < -0.4 is 5.73 Å². The molecule has 1 aliphatic heterocycles. The van der Waals surface area contributed by atoms with Gasteiger partial charge in [-0.25, -0.2) is 4.39 Å². The summed E-state index contributed by atoms with van der Waals surface area (Å²) in [5, 5.41) is 0. The molecule has 1 saturated heterocycles. The normalized spacial score (nSPS) is 19.7.